The number of amides is 1. The van der Waals surface area contributed by atoms with Crippen LogP contribution < -0.4 is 5.32 Å². The molecular formula is C18H26N2O5S2. The van der Waals surface area contributed by atoms with E-state index in [9.17, 15) is 18.0 Å². The predicted molar refractivity (Wildman–Crippen MR) is 105 cm³/mol. The highest BCUT2D eigenvalue weighted by Crippen LogP contribution is 2.40. The molecule has 1 aliphatic heterocycles. The van der Waals surface area contributed by atoms with Crippen molar-refractivity contribution in [1.29, 1.82) is 0 Å². The molecule has 0 radical (unpaired) electrons. The summed E-state index contributed by atoms with van der Waals surface area (Å²) >= 11 is 1.41. The SMILES string of the molecule is COC(=O)c1c(NC(=O)[C@H]2CCCCN2S(C)(=O)=O)sc2c1CC[C@H](C)C2. The Morgan fingerprint density at radius 2 is 2.00 bits per heavy atom. The second-order valence-corrected chi connectivity index (χ2v) is 10.5. The number of anilines is 1. The van der Waals surface area contributed by atoms with Crippen molar-refractivity contribution in [2.24, 2.45) is 5.92 Å². The van der Waals surface area contributed by atoms with Crippen LogP contribution >= 0.6 is 11.3 Å². The molecule has 2 atom stereocenters. The Morgan fingerprint density at radius 3 is 2.67 bits per heavy atom. The van der Waals surface area contributed by atoms with Crippen molar-refractivity contribution in [2.75, 3.05) is 25.2 Å². The van der Waals surface area contributed by atoms with Gasteiger partial charge in [-0.25, -0.2) is 13.2 Å². The molecule has 0 bridgehead atoms. The largest absolute Gasteiger partial charge is 0.465 e. The second kappa shape index (κ2) is 7.89. The summed E-state index contributed by atoms with van der Waals surface area (Å²) in [4.78, 5) is 26.4. The first-order valence-corrected chi connectivity index (χ1v) is 11.9. The van der Waals surface area contributed by atoms with Gasteiger partial charge in [-0.05, 0) is 43.6 Å². The van der Waals surface area contributed by atoms with Crippen molar-refractivity contribution in [3.8, 4) is 0 Å². The number of thiophene rings is 1. The first-order valence-electron chi connectivity index (χ1n) is 9.23. The van der Waals surface area contributed by atoms with E-state index in [0.29, 0.717) is 29.4 Å². The van der Waals surface area contributed by atoms with E-state index in [1.54, 1.807) is 0 Å². The second-order valence-electron chi connectivity index (χ2n) is 7.42. The summed E-state index contributed by atoms with van der Waals surface area (Å²) in [5, 5.41) is 3.32. The molecule has 1 aromatic rings. The zero-order valence-electron chi connectivity index (χ0n) is 15.9. The van der Waals surface area contributed by atoms with Crippen LogP contribution in [0.4, 0.5) is 5.00 Å². The van der Waals surface area contributed by atoms with Gasteiger partial charge in [-0.1, -0.05) is 13.3 Å². The number of nitrogens with zero attached hydrogens (tertiary/aromatic N) is 1. The molecule has 1 saturated heterocycles. The van der Waals surface area contributed by atoms with Gasteiger partial charge in [-0.3, -0.25) is 4.79 Å². The number of carbonyl (C=O) groups is 2. The van der Waals surface area contributed by atoms with Gasteiger partial charge in [-0.2, -0.15) is 4.31 Å². The molecule has 1 aromatic heterocycles. The number of sulfonamides is 1. The summed E-state index contributed by atoms with van der Waals surface area (Å²) in [5.41, 5.74) is 1.39. The van der Waals surface area contributed by atoms with Crippen LogP contribution in [0.1, 0.15) is 53.4 Å². The minimum atomic E-state index is -3.47. The summed E-state index contributed by atoms with van der Waals surface area (Å²) < 4.78 is 30.3. The molecule has 1 fully saturated rings. The van der Waals surface area contributed by atoms with Crippen molar-refractivity contribution in [3.05, 3.63) is 16.0 Å². The number of hydrogen-bond donors (Lipinski definition) is 1. The maximum Gasteiger partial charge on any atom is 0.341 e. The van der Waals surface area contributed by atoms with Crippen molar-refractivity contribution in [3.63, 3.8) is 0 Å². The van der Waals surface area contributed by atoms with E-state index in [1.807, 2.05) is 0 Å². The summed E-state index contributed by atoms with van der Waals surface area (Å²) in [7, 11) is -2.14. The number of piperidine rings is 1. The minimum absolute atomic E-state index is 0.346. The first kappa shape index (κ1) is 20.3. The van der Waals surface area contributed by atoms with Gasteiger partial charge in [0, 0.05) is 11.4 Å². The number of nitrogens with one attached hydrogen (secondary N) is 1. The molecule has 150 valence electrons. The molecule has 7 nitrogen and oxygen atoms in total. The van der Waals surface area contributed by atoms with E-state index < -0.39 is 22.0 Å². The molecule has 0 spiro atoms. The third-order valence-corrected chi connectivity index (χ3v) is 7.78. The highest BCUT2D eigenvalue weighted by atomic mass is 32.2. The molecule has 2 heterocycles. The van der Waals surface area contributed by atoms with Gasteiger partial charge < -0.3 is 10.1 Å². The summed E-state index contributed by atoms with van der Waals surface area (Å²) in [6, 6.07) is -0.739. The van der Waals surface area contributed by atoms with Crippen LogP contribution in [-0.2, 0) is 32.4 Å². The summed E-state index contributed by atoms with van der Waals surface area (Å²) in [5.74, 6) is -0.304. The molecule has 9 heteroatoms. The first-order chi connectivity index (χ1) is 12.7. The van der Waals surface area contributed by atoms with Crippen LogP contribution in [0.3, 0.4) is 0 Å². The Morgan fingerprint density at radius 1 is 1.26 bits per heavy atom. The molecule has 1 amide bonds. The molecule has 2 aliphatic rings. The van der Waals surface area contributed by atoms with Crippen molar-refractivity contribution < 1.29 is 22.7 Å². The van der Waals surface area contributed by atoms with Gasteiger partial charge in [0.1, 0.15) is 11.0 Å². The van der Waals surface area contributed by atoms with E-state index >= 15 is 0 Å². The number of esters is 1. The standard InChI is InChI=1S/C18H26N2O5S2/c1-11-7-8-12-14(10-11)26-17(15(12)18(22)25-2)19-16(21)13-6-4-5-9-20(13)27(3,23)24/h11,13H,4-10H2,1-3H3,(H,19,21)/t11-,13+/m0/s1. The number of rotatable bonds is 4. The number of carbonyl (C=O) groups excluding carboxylic acids is 2. The number of hydrogen-bond acceptors (Lipinski definition) is 6. The van der Waals surface area contributed by atoms with Crippen LogP contribution in [0.2, 0.25) is 0 Å². The third kappa shape index (κ3) is 4.20. The lowest BCUT2D eigenvalue weighted by atomic mass is 9.88. The lowest BCUT2D eigenvalue weighted by molar-refractivity contribution is -0.120. The molecule has 0 aromatic carbocycles. The Balaban J connectivity index is 1.90. The average Bonchev–Trinajstić information content (AvgIpc) is 2.97. The zero-order chi connectivity index (χ0) is 19.8. The van der Waals surface area contributed by atoms with Gasteiger partial charge in [0.25, 0.3) is 0 Å². The lowest BCUT2D eigenvalue weighted by Crippen LogP contribution is -2.49. The zero-order valence-corrected chi connectivity index (χ0v) is 17.5. The minimum Gasteiger partial charge on any atom is -0.465 e. The van der Waals surface area contributed by atoms with Gasteiger partial charge >= 0.3 is 5.97 Å². The van der Waals surface area contributed by atoms with Gasteiger partial charge in [0.2, 0.25) is 15.9 Å². The molecule has 27 heavy (non-hydrogen) atoms. The molecule has 1 aliphatic carbocycles. The molecule has 0 unspecified atom stereocenters. The summed E-state index contributed by atoms with van der Waals surface area (Å²) in [6.45, 7) is 2.52. The Labute approximate surface area is 164 Å². The van der Waals surface area contributed by atoms with Crippen LogP contribution in [0.5, 0.6) is 0 Å². The van der Waals surface area contributed by atoms with Crippen molar-refractivity contribution in [2.45, 2.75) is 51.5 Å². The number of ether oxygens (including phenoxy) is 1. The van der Waals surface area contributed by atoms with Crippen molar-refractivity contribution in [1.82, 2.24) is 4.31 Å². The highest BCUT2D eigenvalue weighted by molar-refractivity contribution is 7.88. The normalized spacial score (nSPS) is 23.5. The van der Waals surface area contributed by atoms with Crippen LogP contribution in [-0.4, -0.2) is 50.6 Å². The van der Waals surface area contributed by atoms with Gasteiger partial charge in [-0.15, -0.1) is 11.3 Å². The smallest absolute Gasteiger partial charge is 0.341 e. The number of methoxy groups -OCH3 is 1. The number of fused-ring (bicyclic) bond motifs is 1. The molecular weight excluding hydrogens is 388 g/mol. The van der Waals surface area contributed by atoms with E-state index in [2.05, 4.69) is 12.2 Å². The van der Waals surface area contributed by atoms with Crippen LogP contribution in [0, 0.1) is 5.92 Å². The maximum absolute atomic E-state index is 12.9. The van der Waals surface area contributed by atoms with E-state index in [0.717, 1.165) is 48.8 Å². The third-order valence-electron chi connectivity index (χ3n) is 5.32. The van der Waals surface area contributed by atoms with Crippen LogP contribution in [0.25, 0.3) is 0 Å². The lowest BCUT2D eigenvalue weighted by Gasteiger charge is -2.32. The topological polar surface area (TPSA) is 92.8 Å². The van der Waals surface area contributed by atoms with Crippen LogP contribution in [0.15, 0.2) is 0 Å². The van der Waals surface area contributed by atoms with Gasteiger partial charge in [0.15, 0.2) is 0 Å². The molecule has 3 rings (SSSR count). The fraction of sp³-hybridized carbons (Fsp3) is 0.667. The van der Waals surface area contributed by atoms with E-state index in [1.165, 1.54) is 22.8 Å². The van der Waals surface area contributed by atoms with E-state index in [4.69, 9.17) is 4.74 Å². The summed E-state index contributed by atoms with van der Waals surface area (Å²) in [6.07, 6.45) is 5.80. The fourth-order valence-electron chi connectivity index (χ4n) is 3.92. The monoisotopic (exact) mass is 414 g/mol. The Hall–Kier alpha value is -1.45. The Kier molecular flexibility index (Phi) is 5.93. The van der Waals surface area contributed by atoms with Crippen molar-refractivity contribution >= 4 is 38.2 Å². The molecule has 0 saturated carbocycles. The fourth-order valence-corrected chi connectivity index (χ4v) is 6.44. The molecule has 1 N–H and O–H groups in total. The Bertz CT molecular complexity index is 846. The average molecular weight is 415 g/mol. The highest BCUT2D eigenvalue weighted by Gasteiger charge is 2.36. The predicted octanol–water partition coefficient (Wildman–Crippen LogP) is 2.41. The maximum atomic E-state index is 12.9. The quantitative estimate of drug-likeness (QED) is 0.764. The van der Waals surface area contributed by atoms with E-state index in [-0.39, 0.29) is 5.91 Å². The van der Waals surface area contributed by atoms with Gasteiger partial charge in [0.05, 0.1) is 18.9 Å².